The SMILES string of the molecule is Cc1nc(-c2ccc(CNC(=O)CNC(=O)c3ccc(N4CCCC4=O)cc3)s2)cs1. The first kappa shape index (κ1) is 21.2. The number of carbonyl (C=O) groups excluding carboxylic acids is 3. The molecule has 0 radical (unpaired) electrons. The molecule has 3 heterocycles. The second-order valence-electron chi connectivity index (χ2n) is 7.17. The van der Waals surface area contributed by atoms with Gasteiger partial charge in [-0.15, -0.1) is 22.7 Å². The summed E-state index contributed by atoms with van der Waals surface area (Å²) in [6.45, 7) is 2.98. The quantitative estimate of drug-likeness (QED) is 0.573. The van der Waals surface area contributed by atoms with Gasteiger partial charge in [0, 0.05) is 34.5 Å². The standard InChI is InChI=1S/C22H22N4O3S2/c1-14-25-18(13-30-14)19-9-8-17(31-19)11-23-20(27)12-24-22(29)15-4-6-16(7-5-15)26-10-2-3-21(26)28/h4-9,13H,2-3,10-12H2,1H3,(H,23,27)(H,24,29). The minimum Gasteiger partial charge on any atom is -0.350 e. The van der Waals surface area contributed by atoms with Crippen LogP contribution < -0.4 is 15.5 Å². The van der Waals surface area contributed by atoms with Gasteiger partial charge in [0.1, 0.15) is 0 Å². The summed E-state index contributed by atoms with van der Waals surface area (Å²) in [5.41, 5.74) is 2.20. The predicted molar refractivity (Wildman–Crippen MR) is 122 cm³/mol. The van der Waals surface area contributed by atoms with Crippen LogP contribution in [0.15, 0.2) is 41.8 Å². The molecule has 7 nitrogen and oxygen atoms in total. The van der Waals surface area contributed by atoms with Crippen LogP contribution in [0, 0.1) is 6.92 Å². The Kier molecular flexibility index (Phi) is 6.43. The number of nitrogens with one attached hydrogen (secondary N) is 2. The molecule has 0 aliphatic carbocycles. The van der Waals surface area contributed by atoms with E-state index in [4.69, 9.17) is 0 Å². The fraction of sp³-hybridized carbons (Fsp3) is 0.273. The molecule has 31 heavy (non-hydrogen) atoms. The van der Waals surface area contributed by atoms with E-state index in [0.717, 1.165) is 32.6 Å². The lowest BCUT2D eigenvalue weighted by molar-refractivity contribution is -0.120. The van der Waals surface area contributed by atoms with Gasteiger partial charge in [0.25, 0.3) is 5.91 Å². The topological polar surface area (TPSA) is 91.4 Å². The highest BCUT2D eigenvalue weighted by atomic mass is 32.1. The monoisotopic (exact) mass is 454 g/mol. The second kappa shape index (κ2) is 9.40. The van der Waals surface area contributed by atoms with E-state index in [1.54, 1.807) is 51.8 Å². The van der Waals surface area contributed by atoms with E-state index >= 15 is 0 Å². The van der Waals surface area contributed by atoms with Gasteiger partial charge in [-0.25, -0.2) is 4.98 Å². The molecular weight excluding hydrogens is 432 g/mol. The van der Waals surface area contributed by atoms with Crippen LogP contribution in [0.1, 0.15) is 33.1 Å². The number of thiophene rings is 1. The van der Waals surface area contributed by atoms with Crippen molar-refractivity contribution in [3.05, 3.63) is 57.2 Å². The summed E-state index contributed by atoms with van der Waals surface area (Å²) in [6, 6.07) is 10.8. The average molecular weight is 455 g/mol. The van der Waals surface area contributed by atoms with E-state index in [1.807, 2.05) is 24.4 Å². The Morgan fingerprint density at radius 1 is 1.13 bits per heavy atom. The summed E-state index contributed by atoms with van der Waals surface area (Å²) in [7, 11) is 0. The number of amides is 3. The van der Waals surface area contributed by atoms with Gasteiger partial charge in [-0.05, 0) is 49.7 Å². The maximum atomic E-state index is 12.3. The number of aromatic nitrogens is 1. The van der Waals surface area contributed by atoms with Gasteiger partial charge in [-0.3, -0.25) is 14.4 Å². The summed E-state index contributed by atoms with van der Waals surface area (Å²) < 4.78 is 0. The van der Waals surface area contributed by atoms with E-state index < -0.39 is 0 Å². The maximum Gasteiger partial charge on any atom is 0.251 e. The number of hydrogen-bond donors (Lipinski definition) is 2. The molecule has 1 aliphatic heterocycles. The van der Waals surface area contributed by atoms with Gasteiger partial charge in [-0.2, -0.15) is 0 Å². The van der Waals surface area contributed by atoms with Crippen molar-refractivity contribution in [3.8, 4) is 10.6 Å². The Bertz CT molecular complexity index is 1100. The Balaban J connectivity index is 1.24. The Morgan fingerprint density at radius 3 is 2.61 bits per heavy atom. The summed E-state index contributed by atoms with van der Waals surface area (Å²) in [5, 5.41) is 8.50. The van der Waals surface area contributed by atoms with Crippen LogP contribution in [0.2, 0.25) is 0 Å². The van der Waals surface area contributed by atoms with Crippen molar-refractivity contribution in [2.24, 2.45) is 0 Å². The molecule has 1 aromatic carbocycles. The van der Waals surface area contributed by atoms with E-state index in [0.29, 0.717) is 25.1 Å². The molecule has 160 valence electrons. The van der Waals surface area contributed by atoms with Gasteiger partial charge in [0.05, 0.1) is 28.7 Å². The van der Waals surface area contributed by atoms with Crippen molar-refractivity contribution in [1.82, 2.24) is 15.6 Å². The lowest BCUT2D eigenvalue weighted by Crippen LogP contribution is -2.36. The predicted octanol–water partition coefficient (Wildman–Crippen LogP) is 3.35. The molecule has 9 heteroatoms. The van der Waals surface area contributed by atoms with Crippen molar-refractivity contribution in [2.45, 2.75) is 26.3 Å². The minimum absolute atomic E-state index is 0.102. The largest absolute Gasteiger partial charge is 0.350 e. The molecular formula is C22H22N4O3S2. The van der Waals surface area contributed by atoms with Crippen LogP contribution in [-0.2, 0) is 16.1 Å². The van der Waals surface area contributed by atoms with Crippen LogP contribution >= 0.6 is 22.7 Å². The third-order valence-corrected chi connectivity index (χ3v) is 6.80. The molecule has 2 aromatic heterocycles. The Morgan fingerprint density at radius 2 is 1.94 bits per heavy atom. The zero-order chi connectivity index (χ0) is 21.8. The van der Waals surface area contributed by atoms with Gasteiger partial charge in [-0.1, -0.05) is 0 Å². The zero-order valence-corrected chi connectivity index (χ0v) is 18.6. The highest BCUT2D eigenvalue weighted by molar-refractivity contribution is 7.16. The summed E-state index contributed by atoms with van der Waals surface area (Å²) in [5.74, 6) is -0.479. The molecule has 0 atom stereocenters. The molecule has 0 saturated carbocycles. The first-order valence-corrected chi connectivity index (χ1v) is 11.7. The van der Waals surface area contributed by atoms with Crippen molar-refractivity contribution >= 4 is 46.1 Å². The maximum absolute atomic E-state index is 12.3. The second-order valence-corrected chi connectivity index (χ2v) is 9.40. The normalized spacial score (nSPS) is 13.5. The lowest BCUT2D eigenvalue weighted by Gasteiger charge is -2.15. The van der Waals surface area contributed by atoms with E-state index in [1.165, 1.54) is 0 Å². The van der Waals surface area contributed by atoms with Crippen molar-refractivity contribution < 1.29 is 14.4 Å². The number of carbonyl (C=O) groups is 3. The highest BCUT2D eigenvalue weighted by Crippen LogP contribution is 2.29. The van der Waals surface area contributed by atoms with E-state index in [2.05, 4.69) is 15.6 Å². The Hall–Kier alpha value is -3.04. The van der Waals surface area contributed by atoms with Crippen LogP contribution in [-0.4, -0.2) is 35.8 Å². The summed E-state index contributed by atoms with van der Waals surface area (Å²) in [4.78, 5) is 44.5. The van der Waals surface area contributed by atoms with Gasteiger partial charge >= 0.3 is 0 Å². The summed E-state index contributed by atoms with van der Waals surface area (Å²) >= 11 is 3.20. The van der Waals surface area contributed by atoms with Gasteiger partial charge in [0.15, 0.2) is 0 Å². The third-order valence-electron chi connectivity index (χ3n) is 4.92. The molecule has 0 unspecified atom stereocenters. The molecule has 0 spiro atoms. The Labute approximate surface area is 188 Å². The van der Waals surface area contributed by atoms with Crippen molar-refractivity contribution in [2.75, 3.05) is 18.0 Å². The fourth-order valence-electron chi connectivity index (χ4n) is 3.31. The zero-order valence-electron chi connectivity index (χ0n) is 17.0. The molecule has 1 saturated heterocycles. The molecule has 3 aromatic rings. The number of anilines is 1. The number of nitrogens with zero attached hydrogens (tertiary/aromatic N) is 2. The number of aryl methyl sites for hydroxylation is 1. The van der Waals surface area contributed by atoms with Crippen LogP contribution in [0.25, 0.3) is 10.6 Å². The molecule has 1 fully saturated rings. The highest BCUT2D eigenvalue weighted by Gasteiger charge is 2.21. The van der Waals surface area contributed by atoms with Crippen molar-refractivity contribution in [1.29, 1.82) is 0 Å². The minimum atomic E-state index is -0.327. The molecule has 4 rings (SSSR count). The first-order chi connectivity index (χ1) is 15.0. The number of thiazole rings is 1. The van der Waals surface area contributed by atoms with Crippen LogP contribution in [0.4, 0.5) is 5.69 Å². The fourth-order valence-corrected chi connectivity index (χ4v) is 4.91. The average Bonchev–Trinajstić information content (AvgIpc) is 3.51. The number of hydrogen-bond acceptors (Lipinski definition) is 6. The molecule has 2 N–H and O–H groups in total. The molecule has 0 bridgehead atoms. The first-order valence-electron chi connectivity index (χ1n) is 9.96. The molecule has 3 amide bonds. The number of rotatable bonds is 7. The van der Waals surface area contributed by atoms with Crippen LogP contribution in [0.5, 0.6) is 0 Å². The lowest BCUT2D eigenvalue weighted by atomic mass is 10.2. The van der Waals surface area contributed by atoms with Crippen LogP contribution in [0.3, 0.4) is 0 Å². The third kappa shape index (κ3) is 5.18. The summed E-state index contributed by atoms with van der Waals surface area (Å²) in [6.07, 6.45) is 1.42. The van der Waals surface area contributed by atoms with Gasteiger partial charge in [0.2, 0.25) is 11.8 Å². The van der Waals surface area contributed by atoms with E-state index in [9.17, 15) is 14.4 Å². The molecule has 1 aliphatic rings. The van der Waals surface area contributed by atoms with Gasteiger partial charge < -0.3 is 15.5 Å². The van der Waals surface area contributed by atoms with Crippen molar-refractivity contribution in [3.63, 3.8) is 0 Å². The van der Waals surface area contributed by atoms with E-state index in [-0.39, 0.29) is 24.3 Å². The smallest absolute Gasteiger partial charge is 0.251 e. The number of benzene rings is 1.